The number of hydrogen-bond donors (Lipinski definition) is 0. The monoisotopic (exact) mass is 733 g/mol. The van der Waals surface area contributed by atoms with Gasteiger partial charge in [0.1, 0.15) is 5.82 Å². The van der Waals surface area contributed by atoms with Gasteiger partial charge in [0, 0.05) is 59.8 Å². The van der Waals surface area contributed by atoms with Gasteiger partial charge < -0.3 is 19.1 Å². The number of aryl methyl sites for hydroxylation is 1. The molecule has 0 unspecified atom stereocenters. The number of hydrogen-bond acceptors (Lipinski definition) is 4. The summed E-state index contributed by atoms with van der Waals surface area (Å²) in [6, 6.07) is 34.8. The van der Waals surface area contributed by atoms with Crippen LogP contribution in [0.25, 0.3) is 27.6 Å². The maximum atomic E-state index is 8.16. The smallest absolute Gasteiger partial charge is 0.135 e. The van der Waals surface area contributed by atoms with Crippen molar-refractivity contribution in [1.29, 1.82) is 0 Å². The van der Waals surface area contributed by atoms with Gasteiger partial charge in [0.05, 0.1) is 0 Å². The van der Waals surface area contributed by atoms with Crippen molar-refractivity contribution in [1.82, 2.24) is 9.55 Å². The molecule has 0 spiro atoms. The van der Waals surface area contributed by atoms with Crippen LogP contribution in [0.15, 0.2) is 91.1 Å². The van der Waals surface area contributed by atoms with E-state index in [0.717, 1.165) is 44.4 Å². The van der Waals surface area contributed by atoms with Crippen molar-refractivity contribution in [3.8, 4) is 17.3 Å². The maximum Gasteiger partial charge on any atom is 0.135 e. The standard InChI is InChI=1S/C36H31N4O.Pt/c1-24-18-26(39-23-38(5)32-16-13-25(20-34(32)39)36(2,3)4)21-28(19-24)41-27-14-15-30-29-10-6-7-11-31(29)40(33(30)22-27)35-12-8-9-17-37-35;/h6-20,23H,1-5H3;/q-3;/i5D3;. The number of anilines is 3. The number of para-hydroxylation sites is 1. The Morgan fingerprint density at radius 3 is 2.48 bits per heavy atom. The van der Waals surface area contributed by atoms with Gasteiger partial charge in [0.25, 0.3) is 0 Å². The summed E-state index contributed by atoms with van der Waals surface area (Å²) in [4.78, 5) is 7.82. The maximum absolute atomic E-state index is 8.16. The number of benzene rings is 4. The Labute approximate surface area is 265 Å². The minimum absolute atomic E-state index is 0. The molecule has 3 heterocycles. The van der Waals surface area contributed by atoms with Crippen molar-refractivity contribution in [2.45, 2.75) is 33.1 Å². The zero-order chi connectivity index (χ0) is 30.8. The molecule has 5 nitrogen and oxygen atoms in total. The van der Waals surface area contributed by atoms with Gasteiger partial charge >= 0.3 is 0 Å². The van der Waals surface area contributed by atoms with Gasteiger partial charge in [-0.1, -0.05) is 63.5 Å². The Morgan fingerprint density at radius 2 is 1.69 bits per heavy atom. The van der Waals surface area contributed by atoms with Crippen LogP contribution >= 0.6 is 0 Å². The summed E-state index contributed by atoms with van der Waals surface area (Å²) in [5.41, 5.74) is 5.94. The average Bonchev–Trinajstić information content (AvgIpc) is 3.53. The van der Waals surface area contributed by atoms with Crippen LogP contribution in [0.5, 0.6) is 11.5 Å². The summed E-state index contributed by atoms with van der Waals surface area (Å²) < 4.78 is 33.0. The van der Waals surface area contributed by atoms with E-state index in [9.17, 15) is 0 Å². The molecule has 7 rings (SSSR count). The second-order valence-electron chi connectivity index (χ2n) is 11.4. The molecule has 0 aliphatic carbocycles. The molecule has 6 aromatic rings. The molecule has 1 aliphatic heterocycles. The molecule has 0 atom stereocenters. The van der Waals surface area contributed by atoms with Crippen LogP contribution in [-0.4, -0.2) is 16.5 Å². The predicted octanol–water partition coefficient (Wildman–Crippen LogP) is 8.88. The van der Waals surface area contributed by atoms with Gasteiger partial charge in [-0.05, 0) is 53.7 Å². The SMILES string of the molecule is [2H]C([2H])([2H])N1[CH-]N(c2[c-]c(Oc3[c-]c4c(cc3)c3ccccc3n4-c3ccccn3)cc(C)c2)c2cc(C(C)(C)C)ccc21.[Pt]. The van der Waals surface area contributed by atoms with E-state index in [1.54, 1.807) is 12.9 Å². The fourth-order valence-corrected chi connectivity index (χ4v) is 5.44. The molecule has 214 valence electrons. The molecule has 2 aromatic heterocycles. The molecule has 0 radical (unpaired) electrons. The van der Waals surface area contributed by atoms with Gasteiger partial charge in [0.2, 0.25) is 0 Å². The molecule has 0 fully saturated rings. The van der Waals surface area contributed by atoms with Gasteiger partial charge in [-0.15, -0.1) is 41.4 Å². The Balaban J connectivity index is 0.00000357. The van der Waals surface area contributed by atoms with Crippen molar-refractivity contribution in [2.24, 2.45) is 0 Å². The van der Waals surface area contributed by atoms with E-state index < -0.39 is 6.98 Å². The van der Waals surface area contributed by atoms with E-state index in [4.69, 9.17) is 8.85 Å². The van der Waals surface area contributed by atoms with Crippen molar-refractivity contribution < 1.29 is 29.9 Å². The number of rotatable bonds is 4. The fourth-order valence-electron chi connectivity index (χ4n) is 5.44. The van der Waals surface area contributed by atoms with Crippen molar-refractivity contribution in [2.75, 3.05) is 16.8 Å². The van der Waals surface area contributed by atoms with E-state index in [2.05, 4.69) is 60.7 Å². The first-order valence-corrected chi connectivity index (χ1v) is 13.6. The molecule has 4 aromatic carbocycles. The molecular weight excluding hydrogens is 700 g/mol. The molecule has 1 aliphatic rings. The number of aromatic nitrogens is 2. The second-order valence-corrected chi connectivity index (χ2v) is 11.4. The first-order chi connectivity index (χ1) is 21.0. The molecule has 6 heteroatoms. The van der Waals surface area contributed by atoms with E-state index >= 15 is 0 Å². The second kappa shape index (κ2) is 10.6. The Kier molecular flexibility index (Phi) is 6.21. The normalized spacial score (nSPS) is 14.3. The minimum Gasteiger partial charge on any atom is -0.509 e. The Hall–Kier alpha value is -4.08. The van der Waals surface area contributed by atoms with Gasteiger partial charge in [0.15, 0.2) is 0 Å². The first-order valence-electron chi connectivity index (χ1n) is 15.1. The van der Waals surface area contributed by atoms with Crippen molar-refractivity contribution in [3.05, 3.63) is 121 Å². The quantitative estimate of drug-likeness (QED) is 0.170. The van der Waals surface area contributed by atoms with Crippen molar-refractivity contribution >= 4 is 38.9 Å². The van der Waals surface area contributed by atoms with E-state index in [-0.39, 0.29) is 26.5 Å². The molecule has 0 saturated heterocycles. The third-order valence-electron chi connectivity index (χ3n) is 7.48. The molecule has 0 saturated carbocycles. The third-order valence-corrected chi connectivity index (χ3v) is 7.48. The first kappa shape index (κ1) is 24.5. The van der Waals surface area contributed by atoms with Gasteiger partial charge in [-0.3, -0.25) is 0 Å². The zero-order valence-corrected chi connectivity index (χ0v) is 26.0. The Bertz CT molecular complexity index is 2030. The number of ether oxygens (including phenoxy) is 1. The average molecular weight is 734 g/mol. The van der Waals surface area contributed by atoms with Crippen LogP contribution in [-0.2, 0) is 26.5 Å². The van der Waals surface area contributed by atoms with Gasteiger partial charge in [-0.25, -0.2) is 4.98 Å². The zero-order valence-electron chi connectivity index (χ0n) is 26.8. The summed E-state index contributed by atoms with van der Waals surface area (Å²) in [7, 11) is 0. The summed E-state index contributed by atoms with van der Waals surface area (Å²) in [6.45, 7) is 7.70. The van der Waals surface area contributed by atoms with Crippen LogP contribution < -0.4 is 14.5 Å². The summed E-state index contributed by atoms with van der Waals surface area (Å²) in [5.74, 6) is 1.84. The van der Waals surface area contributed by atoms with Crippen LogP contribution in [0.1, 0.15) is 36.0 Å². The summed E-state index contributed by atoms with van der Waals surface area (Å²) in [6.07, 6.45) is 1.78. The number of fused-ring (bicyclic) bond motifs is 4. The summed E-state index contributed by atoms with van der Waals surface area (Å²) >= 11 is 0. The number of nitrogens with zero attached hydrogens (tertiary/aromatic N) is 4. The largest absolute Gasteiger partial charge is 0.509 e. The predicted molar refractivity (Wildman–Crippen MR) is 167 cm³/mol. The van der Waals surface area contributed by atoms with Crippen LogP contribution in [0.3, 0.4) is 0 Å². The molecule has 42 heavy (non-hydrogen) atoms. The molecule has 0 N–H and O–H groups in total. The van der Waals surface area contributed by atoms with Crippen molar-refractivity contribution in [3.63, 3.8) is 0 Å². The van der Waals surface area contributed by atoms with E-state index in [1.807, 2.05) is 78.6 Å². The Morgan fingerprint density at radius 1 is 0.857 bits per heavy atom. The van der Waals surface area contributed by atoms with Crippen LogP contribution in [0.2, 0.25) is 0 Å². The minimum atomic E-state index is -2.34. The molecule has 0 bridgehead atoms. The van der Waals surface area contributed by atoms with E-state index in [0.29, 0.717) is 22.9 Å². The number of pyridine rings is 1. The van der Waals surface area contributed by atoms with Crippen LogP contribution in [0, 0.1) is 25.7 Å². The van der Waals surface area contributed by atoms with E-state index in [1.165, 1.54) is 4.90 Å². The molecular formula is C36H31N4OPt-3. The summed E-state index contributed by atoms with van der Waals surface area (Å²) in [5, 5.41) is 2.16. The molecule has 0 amide bonds. The van der Waals surface area contributed by atoms with Crippen LogP contribution in [0.4, 0.5) is 17.1 Å². The fraction of sp³-hybridized carbons (Fsp3) is 0.167. The third kappa shape index (κ3) is 4.86. The van der Waals surface area contributed by atoms with Gasteiger partial charge in [-0.2, -0.15) is 18.3 Å². The topological polar surface area (TPSA) is 33.5 Å².